The molecule has 4 heterocycles. The fourth-order valence-electron chi connectivity index (χ4n) is 3.52. The smallest absolute Gasteiger partial charge is 0.276 e. The summed E-state index contributed by atoms with van der Waals surface area (Å²) in [5.74, 6) is 0.966. The zero-order valence-corrected chi connectivity index (χ0v) is 16.8. The highest BCUT2D eigenvalue weighted by Crippen LogP contribution is 2.31. The molecular weight excluding hydrogens is 384 g/mol. The summed E-state index contributed by atoms with van der Waals surface area (Å²) in [5, 5.41) is 6.91. The number of carbonyl (C=O) groups excluding carboxylic acids is 1. The van der Waals surface area contributed by atoms with E-state index in [0.29, 0.717) is 22.7 Å². The zero-order valence-electron chi connectivity index (χ0n) is 15.2. The third kappa shape index (κ3) is 4.94. The van der Waals surface area contributed by atoms with Crippen molar-refractivity contribution in [2.75, 3.05) is 36.4 Å². The van der Waals surface area contributed by atoms with E-state index in [1.54, 1.807) is 23.6 Å². The Morgan fingerprint density at radius 3 is 2.74 bits per heavy atom. The number of halogens is 1. The molecule has 4 rings (SSSR count). The van der Waals surface area contributed by atoms with Crippen LogP contribution < -0.4 is 15.5 Å². The number of amides is 1. The minimum absolute atomic E-state index is 0. The van der Waals surface area contributed by atoms with E-state index >= 15 is 0 Å². The number of thiazole rings is 1. The molecule has 2 N–H and O–H groups in total. The van der Waals surface area contributed by atoms with Crippen molar-refractivity contribution in [1.82, 2.24) is 20.3 Å². The average Bonchev–Trinajstić information content (AvgIpc) is 3.18. The van der Waals surface area contributed by atoms with Gasteiger partial charge in [0, 0.05) is 30.4 Å². The molecule has 146 valence electrons. The van der Waals surface area contributed by atoms with Crippen LogP contribution in [0.3, 0.4) is 0 Å². The fraction of sp³-hybridized carbons (Fsp3) is 0.556. The Hall–Kier alpha value is -1.77. The number of aromatic nitrogens is 3. The Morgan fingerprint density at radius 1 is 1.19 bits per heavy atom. The highest BCUT2D eigenvalue weighted by atomic mass is 35.5. The second-order valence-corrected chi connectivity index (χ2v) is 7.90. The van der Waals surface area contributed by atoms with Crippen LogP contribution in [0.15, 0.2) is 18.5 Å². The minimum atomic E-state index is -0.225. The van der Waals surface area contributed by atoms with Gasteiger partial charge in [0.15, 0.2) is 5.13 Å². The van der Waals surface area contributed by atoms with Crippen LogP contribution in [-0.2, 0) is 0 Å². The molecule has 2 fully saturated rings. The molecule has 0 saturated carbocycles. The Balaban J connectivity index is 0.00000210. The molecule has 0 unspecified atom stereocenters. The lowest BCUT2D eigenvalue weighted by Crippen LogP contribution is -2.31. The molecular formula is C18H25ClN6OS. The SMILES string of the molecule is Cl.O=C(Nc1ncc(C2CCNCC2)s1)c1ccnc(N2CCCCC2)n1. The predicted molar refractivity (Wildman–Crippen MR) is 110 cm³/mol. The second kappa shape index (κ2) is 9.43. The Morgan fingerprint density at radius 2 is 1.96 bits per heavy atom. The largest absolute Gasteiger partial charge is 0.341 e. The number of hydrogen-bond donors (Lipinski definition) is 2. The number of anilines is 2. The first-order chi connectivity index (χ1) is 12.8. The van der Waals surface area contributed by atoms with Gasteiger partial charge in [-0.15, -0.1) is 23.7 Å². The lowest BCUT2D eigenvalue weighted by molar-refractivity contribution is 0.102. The molecule has 2 aliphatic heterocycles. The third-order valence-corrected chi connectivity index (χ3v) is 6.08. The number of nitrogens with one attached hydrogen (secondary N) is 2. The molecule has 1 amide bonds. The van der Waals surface area contributed by atoms with Crippen LogP contribution >= 0.6 is 23.7 Å². The lowest BCUT2D eigenvalue weighted by atomic mass is 9.97. The van der Waals surface area contributed by atoms with Crippen LogP contribution in [0.5, 0.6) is 0 Å². The van der Waals surface area contributed by atoms with Gasteiger partial charge in [-0.1, -0.05) is 0 Å². The molecule has 9 heteroatoms. The Bertz CT molecular complexity index is 758. The third-order valence-electron chi connectivity index (χ3n) is 5.00. The molecule has 7 nitrogen and oxygen atoms in total. The molecule has 0 radical (unpaired) electrons. The van der Waals surface area contributed by atoms with Crippen LogP contribution in [0.1, 0.15) is 53.4 Å². The van der Waals surface area contributed by atoms with E-state index in [2.05, 4.69) is 30.5 Å². The second-order valence-electron chi connectivity index (χ2n) is 6.84. The van der Waals surface area contributed by atoms with E-state index in [1.165, 1.54) is 11.3 Å². The quantitative estimate of drug-likeness (QED) is 0.808. The topological polar surface area (TPSA) is 83.0 Å². The van der Waals surface area contributed by atoms with Crippen LogP contribution in [-0.4, -0.2) is 47.0 Å². The summed E-state index contributed by atoms with van der Waals surface area (Å²) in [4.78, 5) is 29.1. The van der Waals surface area contributed by atoms with Gasteiger partial charge < -0.3 is 10.2 Å². The molecule has 0 aliphatic carbocycles. The van der Waals surface area contributed by atoms with Crippen molar-refractivity contribution >= 4 is 40.7 Å². The summed E-state index contributed by atoms with van der Waals surface area (Å²) in [6.07, 6.45) is 9.36. The minimum Gasteiger partial charge on any atom is -0.341 e. The Kier molecular flexibility index (Phi) is 6.98. The van der Waals surface area contributed by atoms with E-state index in [4.69, 9.17) is 0 Å². The molecule has 0 spiro atoms. The van der Waals surface area contributed by atoms with Crippen molar-refractivity contribution in [2.45, 2.75) is 38.0 Å². The van der Waals surface area contributed by atoms with Gasteiger partial charge >= 0.3 is 0 Å². The summed E-state index contributed by atoms with van der Waals surface area (Å²) in [5.41, 5.74) is 0.388. The van der Waals surface area contributed by atoms with Gasteiger partial charge in [-0.2, -0.15) is 0 Å². The first-order valence-corrected chi connectivity index (χ1v) is 10.2. The van der Waals surface area contributed by atoms with Gasteiger partial charge in [0.1, 0.15) is 5.69 Å². The summed E-state index contributed by atoms with van der Waals surface area (Å²) >= 11 is 1.57. The van der Waals surface area contributed by atoms with Crippen LogP contribution in [0.2, 0.25) is 0 Å². The number of hydrogen-bond acceptors (Lipinski definition) is 7. The molecule has 0 atom stereocenters. The number of carbonyl (C=O) groups is 1. The molecule has 2 aromatic rings. The van der Waals surface area contributed by atoms with E-state index < -0.39 is 0 Å². The lowest BCUT2D eigenvalue weighted by Gasteiger charge is -2.26. The molecule has 2 aromatic heterocycles. The monoisotopic (exact) mass is 408 g/mol. The molecule has 0 bridgehead atoms. The van der Waals surface area contributed by atoms with Gasteiger partial charge in [-0.05, 0) is 57.2 Å². The van der Waals surface area contributed by atoms with Crippen molar-refractivity contribution in [1.29, 1.82) is 0 Å². The van der Waals surface area contributed by atoms with E-state index in [9.17, 15) is 4.79 Å². The van der Waals surface area contributed by atoms with Gasteiger partial charge in [-0.3, -0.25) is 10.1 Å². The van der Waals surface area contributed by atoms with Crippen molar-refractivity contribution in [2.24, 2.45) is 0 Å². The zero-order chi connectivity index (χ0) is 17.8. The van der Waals surface area contributed by atoms with Crippen LogP contribution in [0.25, 0.3) is 0 Å². The molecule has 2 saturated heterocycles. The van der Waals surface area contributed by atoms with Gasteiger partial charge in [0.05, 0.1) is 0 Å². The van der Waals surface area contributed by atoms with E-state index in [1.807, 2.05) is 6.20 Å². The van der Waals surface area contributed by atoms with Gasteiger partial charge in [0.2, 0.25) is 5.95 Å². The van der Waals surface area contributed by atoms with Crippen LogP contribution in [0, 0.1) is 0 Å². The summed E-state index contributed by atoms with van der Waals surface area (Å²) in [6, 6.07) is 1.66. The number of piperidine rings is 2. The predicted octanol–water partition coefficient (Wildman–Crippen LogP) is 3.06. The highest BCUT2D eigenvalue weighted by molar-refractivity contribution is 7.15. The molecule has 2 aliphatic rings. The standard InChI is InChI=1S/C18H24N6OS.ClH/c25-16(14-6-9-20-17(22-14)24-10-2-1-3-11-24)23-18-21-12-15(26-18)13-4-7-19-8-5-13;/h6,9,12-13,19H,1-5,7-8,10-11H2,(H,21,23,25);1H. The molecule has 0 aromatic carbocycles. The number of nitrogens with zero attached hydrogens (tertiary/aromatic N) is 4. The van der Waals surface area contributed by atoms with Crippen molar-refractivity contribution in [3.8, 4) is 0 Å². The summed E-state index contributed by atoms with van der Waals surface area (Å²) in [7, 11) is 0. The normalized spacial score (nSPS) is 18.0. The van der Waals surface area contributed by atoms with Crippen molar-refractivity contribution < 1.29 is 4.79 Å². The van der Waals surface area contributed by atoms with Crippen LogP contribution in [0.4, 0.5) is 11.1 Å². The summed E-state index contributed by atoms with van der Waals surface area (Å²) in [6.45, 7) is 4.00. The first-order valence-electron chi connectivity index (χ1n) is 9.35. The highest BCUT2D eigenvalue weighted by Gasteiger charge is 2.20. The average molecular weight is 409 g/mol. The van der Waals surface area contributed by atoms with Crippen molar-refractivity contribution in [3.05, 3.63) is 29.0 Å². The molecule has 27 heavy (non-hydrogen) atoms. The number of rotatable bonds is 4. The van der Waals surface area contributed by atoms with E-state index in [0.717, 1.165) is 51.9 Å². The van der Waals surface area contributed by atoms with Gasteiger partial charge in [-0.25, -0.2) is 15.0 Å². The van der Waals surface area contributed by atoms with Crippen molar-refractivity contribution in [3.63, 3.8) is 0 Å². The first kappa shape index (κ1) is 20.0. The van der Waals surface area contributed by atoms with E-state index in [-0.39, 0.29) is 18.3 Å². The van der Waals surface area contributed by atoms with Gasteiger partial charge in [0.25, 0.3) is 5.91 Å². The summed E-state index contributed by atoms with van der Waals surface area (Å²) < 4.78 is 0. The maximum absolute atomic E-state index is 12.6. The fourth-order valence-corrected chi connectivity index (χ4v) is 4.50. The maximum atomic E-state index is 12.6. The maximum Gasteiger partial charge on any atom is 0.276 e. The Labute approximate surface area is 169 Å².